The maximum absolute atomic E-state index is 13.1. The number of carbonyl (C=O) groups is 1. The lowest BCUT2D eigenvalue weighted by atomic mass is 10.1. The maximum atomic E-state index is 13.1. The molecule has 0 aliphatic rings. The summed E-state index contributed by atoms with van der Waals surface area (Å²) in [6.45, 7) is 0. The van der Waals surface area contributed by atoms with Gasteiger partial charge in [-0.05, 0) is 42.5 Å². The lowest BCUT2D eigenvalue weighted by molar-refractivity contribution is 0.102. The molecule has 4 nitrogen and oxygen atoms in total. The Kier molecular flexibility index (Phi) is 3.84. The Morgan fingerprint density at radius 2 is 1.70 bits per heavy atom. The Morgan fingerprint density at radius 1 is 0.957 bits per heavy atom. The van der Waals surface area contributed by atoms with E-state index in [1.807, 2.05) is 0 Å². The van der Waals surface area contributed by atoms with Crippen LogP contribution >= 0.6 is 0 Å². The van der Waals surface area contributed by atoms with Gasteiger partial charge in [-0.25, -0.2) is 13.2 Å². The van der Waals surface area contributed by atoms with Crippen LogP contribution in [0.3, 0.4) is 0 Å². The van der Waals surface area contributed by atoms with Gasteiger partial charge in [0, 0.05) is 17.3 Å². The number of anilines is 1. The van der Waals surface area contributed by atoms with E-state index >= 15 is 0 Å². The van der Waals surface area contributed by atoms with Crippen LogP contribution in [0.1, 0.15) is 10.5 Å². The zero-order chi connectivity index (χ0) is 16.4. The normalized spacial score (nSPS) is 10.6. The summed E-state index contributed by atoms with van der Waals surface area (Å²) in [4.78, 5) is 12.1. The topological polar surface area (TPSA) is 57.8 Å². The van der Waals surface area contributed by atoms with Crippen molar-refractivity contribution in [2.75, 3.05) is 5.32 Å². The van der Waals surface area contributed by atoms with Crippen molar-refractivity contribution in [2.24, 2.45) is 0 Å². The monoisotopic (exact) mass is 317 g/mol. The molecule has 1 heterocycles. The summed E-state index contributed by atoms with van der Waals surface area (Å²) < 4.78 is 38.9. The second kappa shape index (κ2) is 5.96. The standard InChI is InChI=1S/C16H10F3N3O/c17-10-3-1-9(2-4-10)14-8-15(22-21-14)16(23)20-11-5-6-12(18)13(19)7-11/h1-8H,(H,20,23)(H,21,22). The SMILES string of the molecule is O=C(Nc1ccc(F)c(F)c1)c1cc(-c2ccc(F)cc2)n[nH]1. The van der Waals surface area contributed by atoms with E-state index in [1.165, 1.54) is 36.4 Å². The molecular formula is C16H10F3N3O. The van der Waals surface area contributed by atoms with Gasteiger partial charge in [0.15, 0.2) is 11.6 Å². The molecule has 2 N–H and O–H groups in total. The van der Waals surface area contributed by atoms with E-state index in [1.54, 1.807) is 0 Å². The molecule has 2 aromatic carbocycles. The number of H-pyrrole nitrogens is 1. The highest BCUT2D eigenvalue weighted by Crippen LogP contribution is 2.19. The minimum atomic E-state index is -1.06. The van der Waals surface area contributed by atoms with Gasteiger partial charge in [-0.2, -0.15) is 5.10 Å². The van der Waals surface area contributed by atoms with Crippen molar-refractivity contribution in [3.63, 3.8) is 0 Å². The fourth-order valence-corrected chi connectivity index (χ4v) is 1.98. The Hall–Kier alpha value is -3.09. The summed E-state index contributed by atoms with van der Waals surface area (Å²) in [5, 5.41) is 8.93. The number of aromatic amines is 1. The van der Waals surface area contributed by atoms with Crippen LogP contribution in [-0.4, -0.2) is 16.1 Å². The highest BCUT2D eigenvalue weighted by atomic mass is 19.2. The molecule has 0 saturated heterocycles. The molecule has 1 amide bonds. The Morgan fingerprint density at radius 3 is 2.39 bits per heavy atom. The minimum Gasteiger partial charge on any atom is -0.321 e. The Labute approximate surface area is 129 Å². The summed E-state index contributed by atoms with van der Waals surface area (Å²) >= 11 is 0. The molecule has 0 bridgehead atoms. The zero-order valence-electron chi connectivity index (χ0n) is 11.6. The number of benzene rings is 2. The van der Waals surface area contributed by atoms with Gasteiger partial charge in [-0.1, -0.05) is 0 Å². The number of nitrogens with one attached hydrogen (secondary N) is 2. The molecule has 3 aromatic rings. The molecule has 3 rings (SSSR count). The van der Waals surface area contributed by atoms with Gasteiger partial charge in [-0.15, -0.1) is 0 Å². The van der Waals surface area contributed by atoms with Crippen LogP contribution in [0.4, 0.5) is 18.9 Å². The van der Waals surface area contributed by atoms with Crippen molar-refractivity contribution >= 4 is 11.6 Å². The first-order chi connectivity index (χ1) is 11.0. The van der Waals surface area contributed by atoms with Crippen LogP contribution < -0.4 is 5.32 Å². The van der Waals surface area contributed by atoms with Gasteiger partial charge in [0.25, 0.3) is 5.91 Å². The van der Waals surface area contributed by atoms with Crippen molar-refractivity contribution in [1.82, 2.24) is 10.2 Å². The molecule has 0 radical (unpaired) electrons. The number of amides is 1. The third-order valence-electron chi connectivity index (χ3n) is 3.14. The van der Waals surface area contributed by atoms with Gasteiger partial charge in [-0.3, -0.25) is 9.89 Å². The van der Waals surface area contributed by atoms with Gasteiger partial charge in [0.2, 0.25) is 0 Å². The second-order valence-corrected chi connectivity index (χ2v) is 4.76. The second-order valence-electron chi connectivity index (χ2n) is 4.76. The molecule has 0 spiro atoms. The average molecular weight is 317 g/mol. The van der Waals surface area contributed by atoms with E-state index in [9.17, 15) is 18.0 Å². The molecule has 0 aliphatic heterocycles. The smallest absolute Gasteiger partial charge is 0.273 e. The molecule has 0 unspecified atom stereocenters. The molecule has 0 saturated carbocycles. The summed E-state index contributed by atoms with van der Waals surface area (Å²) in [6.07, 6.45) is 0. The van der Waals surface area contributed by atoms with Crippen molar-refractivity contribution in [1.29, 1.82) is 0 Å². The summed E-state index contributed by atoms with van der Waals surface area (Å²) in [5.41, 5.74) is 1.34. The fourth-order valence-electron chi connectivity index (χ4n) is 1.98. The lowest BCUT2D eigenvalue weighted by Gasteiger charge is -2.03. The Bertz CT molecular complexity index is 859. The van der Waals surface area contributed by atoms with Crippen LogP contribution in [0.15, 0.2) is 48.5 Å². The van der Waals surface area contributed by atoms with E-state index in [0.29, 0.717) is 11.3 Å². The minimum absolute atomic E-state index is 0.117. The first kappa shape index (κ1) is 14.8. The largest absolute Gasteiger partial charge is 0.321 e. The molecule has 0 atom stereocenters. The van der Waals surface area contributed by atoms with Crippen molar-refractivity contribution in [3.8, 4) is 11.3 Å². The predicted molar refractivity (Wildman–Crippen MR) is 78.3 cm³/mol. The summed E-state index contributed by atoms with van der Waals surface area (Å²) in [7, 11) is 0. The summed E-state index contributed by atoms with van der Waals surface area (Å²) in [5.74, 6) is -2.99. The average Bonchev–Trinajstić information content (AvgIpc) is 3.02. The van der Waals surface area contributed by atoms with E-state index in [4.69, 9.17) is 0 Å². The van der Waals surface area contributed by atoms with Crippen molar-refractivity contribution < 1.29 is 18.0 Å². The molecule has 0 aliphatic carbocycles. The van der Waals surface area contributed by atoms with E-state index < -0.39 is 17.5 Å². The lowest BCUT2D eigenvalue weighted by Crippen LogP contribution is -2.12. The number of hydrogen-bond acceptors (Lipinski definition) is 2. The van der Waals surface area contributed by atoms with Crippen LogP contribution in [-0.2, 0) is 0 Å². The van der Waals surface area contributed by atoms with Gasteiger partial charge in [0.05, 0.1) is 5.69 Å². The molecule has 7 heteroatoms. The molecule has 116 valence electrons. The first-order valence-electron chi connectivity index (χ1n) is 6.61. The molecular weight excluding hydrogens is 307 g/mol. The predicted octanol–water partition coefficient (Wildman–Crippen LogP) is 3.75. The molecule has 0 fully saturated rings. The maximum Gasteiger partial charge on any atom is 0.273 e. The molecule has 23 heavy (non-hydrogen) atoms. The number of nitrogens with zero attached hydrogens (tertiary/aromatic N) is 1. The number of halogens is 3. The van der Waals surface area contributed by atoms with Gasteiger partial charge in [0.1, 0.15) is 11.5 Å². The van der Waals surface area contributed by atoms with E-state index in [-0.39, 0.29) is 17.2 Å². The molecule has 1 aromatic heterocycles. The summed E-state index contributed by atoms with van der Waals surface area (Å²) in [6, 6.07) is 10.1. The Balaban J connectivity index is 1.78. The fraction of sp³-hybridized carbons (Fsp3) is 0. The van der Waals surface area contributed by atoms with Crippen LogP contribution in [0.5, 0.6) is 0 Å². The first-order valence-corrected chi connectivity index (χ1v) is 6.61. The number of aromatic nitrogens is 2. The van der Waals surface area contributed by atoms with Crippen LogP contribution in [0, 0.1) is 17.5 Å². The highest BCUT2D eigenvalue weighted by molar-refractivity contribution is 6.03. The quantitative estimate of drug-likeness (QED) is 0.773. The third kappa shape index (κ3) is 3.23. The van der Waals surface area contributed by atoms with Crippen molar-refractivity contribution in [2.45, 2.75) is 0 Å². The van der Waals surface area contributed by atoms with Crippen LogP contribution in [0.2, 0.25) is 0 Å². The van der Waals surface area contributed by atoms with Gasteiger partial charge >= 0.3 is 0 Å². The number of hydrogen-bond donors (Lipinski definition) is 2. The zero-order valence-corrected chi connectivity index (χ0v) is 11.6. The van der Waals surface area contributed by atoms with Crippen molar-refractivity contribution in [3.05, 3.63) is 71.7 Å². The van der Waals surface area contributed by atoms with E-state index in [2.05, 4.69) is 15.5 Å². The van der Waals surface area contributed by atoms with Gasteiger partial charge < -0.3 is 5.32 Å². The van der Waals surface area contributed by atoms with Crippen LogP contribution in [0.25, 0.3) is 11.3 Å². The highest BCUT2D eigenvalue weighted by Gasteiger charge is 2.12. The number of rotatable bonds is 3. The van der Waals surface area contributed by atoms with E-state index in [0.717, 1.165) is 12.1 Å². The third-order valence-corrected chi connectivity index (χ3v) is 3.14. The number of carbonyl (C=O) groups excluding carboxylic acids is 1.